The Hall–Kier alpha value is -2.49. The van der Waals surface area contributed by atoms with E-state index in [1.165, 1.54) is 6.33 Å². The second kappa shape index (κ2) is 7.78. The summed E-state index contributed by atoms with van der Waals surface area (Å²) >= 11 is 12.3. The highest BCUT2D eigenvalue weighted by molar-refractivity contribution is 6.33. The van der Waals surface area contributed by atoms with Crippen LogP contribution in [0.25, 0.3) is 21.9 Å². The highest BCUT2D eigenvalue weighted by Crippen LogP contribution is 2.44. The molecule has 4 atom stereocenters. The zero-order chi connectivity index (χ0) is 22.7. The van der Waals surface area contributed by atoms with Crippen molar-refractivity contribution < 1.29 is 18.9 Å². The van der Waals surface area contributed by atoms with Crippen molar-refractivity contribution in [3.05, 3.63) is 59.2 Å². The average molecular weight is 487 g/mol. The molecule has 0 aliphatic carbocycles. The van der Waals surface area contributed by atoms with Gasteiger partial charge in [-0.05, 0) is 38.1 Å². The van der Waals surface area contributed by atoms with Gasteiger partial charge in [0.25, 0.3) is 0 Å². The lowest BCUT2D eigenvalue weighted by Gasteiger charge is -2.25. The molecule has 0 saturated carbocycles. The molecule has 0 N–H and O–H groups in total. The molecule has 5 heterocycles. The summed E-state index contributed by atoms with van der Waals surface area (Å²) in [5.41, 5.74) is 1.48. The molecule has 2 fully saturated rings. The largest absolute Gasteiger partial charge is 0.491 e. The summed E-state index contributed by atoms with van der Waals surface area (Å²) in [4.78, 5) is 12.8. The van der Waals surface area contributed by atoms with Crippen LogP contribution in [0.5, 0.6) is 5.75 Å². The van der Waals surface area contributed by atoms with E-state index >= 15 is 0 Å². The first kappa shape index (κ1) is 21.1. The Bertz CT molecular complexity index is 1360. The third-order valence-electron chi connectivity index (χ3n) is 5.90. The van der Waals surface area contributed by atoms with Crippen LogP contribution in [0, 0.1) is 0 Å². The Kier molecular flexibility index (Phi) is 4.97. The molecule has 0 spiro atoms. The minimum atomic E-state index is -0.739. The molecule has 3 aromatic heterocycles. The fourth-order valence-corrected chi connectivity index (χ4v) is 4.86. The maximum atomic E-state index is 6.39. The summed E-state index contributed by atoms with van der Waals surface area (Å²) in [5, 5.41) is 2.68. The normalized spacial score (nSPS) is 26.2. The highest BCUT2D eigenvalue weighted by Gasteiger charge is 2.56. The van der Waals surface area contributed by atoms with Gasteiger partial charge in [0.15, 0.2) is 12.0 Å². The Balaban J connectivity index is 1.27. The quantitative estimate of drug-likeness (QED) is 0.383. The SMILES string of the molecule is CC1(C)O[C@@H]2[C@H](O1)[C@@H](COc1ccc3cc(Cl)cnc3c1)O[C@H]2n1ccc2c(Cl)ncnc21. The van der Waals surface area contributed by atoms with Crippen molar-refractivity contribution >= 4 is 45.1 Å². The molecular weight excluding hydrogens is 467 g/mol. The second-order valence-corrected chi connectivity index (χ2v) is 9.37. The summed E-state index contributed by atoms with van der Waals surface area (Å²) in [5.74, 6) is -0.0535. The fourth-order valence-electron chi connectivity index (χ4n) is 4.51. The standard InChI is InChI=1S/C23H20Cl2N4O4/c1-23(2)32-18-17(10-30-14-4-3-12-7-13(24)9-26-16(12)8-14)31-22(19(18)33-23)29-6-5-15-20(25)27-11-28-21(15)29/h3-9,11,17-19,22H,10H2,1-2H3/t17-,18-,19-,22-/m1/s1. The predicted octanol–water partition coefficient (Wildman–Crippen LogP) is 4.78. The van der Waals surface area contributed by atoms with Crippen molar-refractivity contribution in [2.45, 2.75) is 44.2 Å². The van der Waals surface area contributed by atoms with Crippen LogP contribution in [-0.2, 0) is 14.2 Å². The molecule has 0 unspecified atom stereocenters. The van der Waals surface area contributed by atoms with Crippen molar-refractivity contribution in [3.63, 3.8) is 0 Å². The topological polar surface area (TPSA) is 80.5 Å². The third-order valence-corrected chi connectivity index (χ3v) is 6.40. The lowest BCUT2D eigenvalue weighted by Crippen LogP contribution is -2.33. The molecule has 4 aromatic rings. The first-order chi connectivity index (χ1) is 15.9. The molecular formula is C23H20Cl2N4O4. The fraction of sp³-hybridized carbons (Fsp3) is 0.348. The van der Waals surface area contributed by atoms with Crippen LogP contribution in [0.4, 0.5) is 0 Å². The van der Waals surface area contributed by atoms with E-state index < -0.39 is 12.0 Å². The van der Waals surface area contributed by atoms with Crippen LogP contribution in [0.2, 0.25) is 10.2 Å². The van der Waals surface area contributed by atoms with Gasteiger partial charge in [-0.15, -0.1) is 0 Å². The van der Waals surface area contributed by atoms with Crippen molar-refractivity contribution in [3.8, 4) is 5.75 Å². The smallest absolute Gasteiger partial charge is 0.164 e. The van der Waals surface area contributed by atoms with Crippen LogP contribution in [0.1, 0.15) is 20.1 Å². The van der Waals surface area contributed by atoms with E-state index in [1.807, 2.05) is 54.9 Å². The van der Waals surface area contributed by atoms with E-state index in [1.54, 1.807) is 6.20 Å². The molecule has 8 nitrogen and oxygen atoms in total. The predicted molar refractivity (Wildman–Crippen MR) is 123 cm³/mol. The molecule has 2 saturated heterocycles. The van der Waals surface area contributed by atoms with Gasteiger partial charge < -0.3 is 23.5 Å². The Morgan fingerprint density at radius 1 is 1.06 bits per heavy atom. The van der Waals surface area contributed by atoms with Crippen molar-refractivity contribution in [2.24, 2.45) is 0 Å². The Labute approximate surface area is 199 Å². The highest BCUT2D eigenvalue weighted by atomic mass is 35.5. The number of nitrogens with zero attached hydrogens (tertiary/aromatic N) is 4. The number of halogens is 2. The van der Waals surface area contributed by atoms with Crippen molar-refractivity contribution in [1.29, 1.82) is 0 Å². The number of pyridine rings is 1. The number of hydrogen-bond acceptors (Lipinski definition) is 7. The molecule has 2 aliphatic heterocycles. The lowest BCUT2D eigenvalue weighted by atomic mass is 10.1. The van der Waals surface area contributed by atoms with Gasteiger partial charge in [-0.2, -0.15) is 0 Å². The summed E-state index contributed by atoms with van der Waals surface area (Å²) in [6.45, 7) is 4.08. The Morgan fingerprint density at radius 2 is 1.91 bits per heavy atom. The zero-order valence-electron chi connectivity index (χ0n) is 17.8. The monoisotopic (exact) mass is 486 g/mol. The van der Waals surface area contributed by atoms with Gasteiger partial charge >= 0.3 is 0 Å². The lowest BCUT2D eigenvalue weighted by molar-refractivity contribution is -0.198. The maximum Gasteiger partial charge on any atom is 0.164 e. The van der Waals surface area contributed by atoms with Gasteiger partial charge in [0.05, 0.1) is 15.9 Å². The van der Waals surface area contributed by atoms with Gasteiger partial charge in [-0.3, -0.25) is 4.98 Å². The minimum absolute atomic E-state index is 0.283. The van der Waals surface area contributed by atoms with E-state index in [2.05, 4.69) is 15.0 Å². The van der Waals surface area contributed by atoms with E-state index in [4.69, 9.17) is 42.1 Å². The van der Waals surface area contributed by atoms with Gasteiger partial charge in [-0.25, -0.2) is 9.97 Å². The number of benzene rings is 1. The van der Waals surface area contributed by atoms with Crippen LogP contribution < -0.4 is 4.74 Å². The van der Waals surface area contributed by atoms with Crippen LogP contribution >= 0.6 is 23.2 Å². The molecule has 0 amide bonds. The zero-order valence-corrected chi connectivity index (χ0v) is 19.3. The van der Waals surface area contributed by atoms with Gasteiger partial charge in [0.2, 0.25) is 0 Å². The van der Waals surface area contributed by atoms with Crippen molar-refractivity contribution in [2.75, 3.05) is 6.61 Å². The van der Waals surface area contributed by atoms with Gasteiger partial charge in [-0.1, -0.05) is 23.2 Å². The summed E-state index contributed by atoms with van der Waals surface area (Å²) in [7, 11) is 0. The molecule has 0 bridgehead atoms. The number of fused-ring (bicyclic) bond motifs is 3. The number of aromatic nitrogens is 4. The number of hydrogen-bond donors (Lipinski definition) is 0. The molecule has 170 valence electrons. The van der Waals surface area contributed by atoms with Crippen LogP contribution in [-0.4, -0.2) is 50.2 Å². The van der Waals surface area contributed by atoms with Gasteiger partial charge in [0.1, 0.15) is 47.8 Å². The van der Waals surface area contributed by atoms with Gasteiger partial charge in [0, 0.05) is 23.8 Å². The summed E-state index contributed by atoms with van der Waals surface area (Å²) in [6, 6.07) is 9.43. The Morgan fingerprint density at radius 3 is 2.79 bits per heavy atom. The molecule has 10 heteroatoms. The summed E-state index contributed by atoms with van der Waals surface area (Å²) < 4.78 is 26.8. The third kappa shape index (κ3) is 3.72. The van der Waals surface area contributed by atoms with E-state index in [0.29, 0.717) is 21.6 Å². The second-order valence-electron chi connectivity index (χ2n) is 8.57. The maximum absolute atomic E-state index is 6.39. The van der Waals surface area contributed by atoms with E-state index in [0.717, 1.165) is 16.3 Å². The number of ether oxygens (including phenoxy) is 4. The molecule has 2 aliphatic rings. The number of rotatable bonds is 4. The molecule has 33 heavy (non-hydrogen) atoms. The average Bonchev–Trinajstić information content (AvgIpc) is 3.44. The first-order valence-electron chi connectivity index (χ1n) is 10.5. The van der Waals surface area contributed by atoms with Crippen molar-refractivity contribution in [1.82, 2.24) is 19.5 Å². The first-order valence-corrected chi connectivity index (χ1v) is 11.3. The molecule has 6 rings (SSSR count). The minimum Gasteiger partial charge on any atom is -0.491 e. The molecule has 1 aromatic carbocycles. The molecule has 0 radical (unpaired) electrons. The summed E-state index contributed by atoms with van der Waals surface area (Å²) in [6.07, 6.45) is 3.48. The van der Waals surface area contributed by atoms with E-state index in [-0.39, 0.29) is 24.9 Å². The van der Waals surface area contributed by atoms with Crippen LogP contribution in [0.3, 0.4) is 0 Å². The van der Waals surface area contributed by atoms with Crippen LogP contribution in [0.15, 0.2) is 49.1 Å². The van der Waals surface area contributed by atoms with E-state index in [9.17, 15) is 0 Å².